The molecule has 0 unspecified atom stereocenters. The topological polar surface area (TPSA) is 74.2 Å². The van der Waals surface area contributed by atoms with Crippen LogP contribution in [0, 0.1) is 5.92 Å². The molecule has 0 radical (unpaired) electrons. The third-order valence-corrected chi connectivity index (χ3v) is 4.76. The number of aliphatic hydroxyl groups excluding tert-OH is 1. The number of ketones is 1. The lowest BCUT2D eigenvalue weighted by Crippen LogP contribution is -2.26. The number of carbonyl (C=O) groups excluding carboxylic acids is 1. The van der Waals surface area contributed by atoms with Crippen molar-refractivity contribution in [2.24, 2.45) is 5.92 Å². The molecule has 0 aromatic rings. The van der Waals surface area contributed by atoms with E-state index in [1.807, 2.05) is 0 Å². The van der Waals surface area contributed by atoms with Crippen LogP contribution in [0.15, 0.2) is 23.3 Å². The third kappa shape index (κ3) is 16.4. The predicted molar refractivity (Wildman–Crippen MR) is 116 cm³/mol. The first-order valence-electron chi connectivity index (χ1n) is 10.5. The lowest BCUT2D eigenvalue weighted by molar-refractivity contribution is -0.117. The minimum absolute atomic E-state index is 0.108. The van der Waals surface area contributed by atoms with Crippen LogP contribution in [0.25, 0.3) is 0 Å². The van der Waals surface area contributed by atoms with E-state index in [-0.39, 0.29) is 38.0 Å². The second-order valence-electron chi connectivity index (χ2n) is 7.57. The second-order valence-corrected chi connectivity index (χ2v) is 7.57. The first-order valence-corrected chi connectivity index (χ1v) is 10.5. The predicted octanol–water partition coefficient (Wildman–Crippen LogP) is 4.42. The number of carbonyl (C=O) groups is 1. The van der Waals surface area contributed by atoms with Gasteiger partial charge in [0.25, 0.3) is 0 Å². The van der Waals surface area contributed by atoms with Crippen molar-refractivity contribution in [3.8, 4) is 0 Å². The molecule has 0 saturated carbocycles. The number of ether oxygens (including phenoxy) is 4. The van der Waals surface area contributed by atoms with Crippen molar-refractivity contribution in [1.29, 1.82) is 0 Å². The fourth-order valence-electron chi connectivity index (χ4n) is 3.11. The summed E-state index contributed by atoms with van der Waals surface area (Å²) in [6.45, 7) is 7.02. The molecule has 0 spiro atoms. The van der Waals surface area contributed by atoms with E-state index in [0.717, 1.165) is 32.1 Å². The summed E-state index contributed by atoms with van der Waals surface area (Å²) in [6, 6.07) is 0. The molecule has 0 aliphatic carbocycles. The molecule has 0 aromatic carbocycles. The van der Waals surface area contributed by atoms with E-state index in [1.165, 1.54) is 11.1 Å². The van der Waals surface area contributed by atoms with Crippen LogP contribution in [0.2, 0.25) is 0 Å². The van der Waals surface area contributed by atoms with Gasteiger partial charge in [-0.2, -0.15) is 0 Å². The molecule has 1 N–H and O–H groups in total. The third-order valence-electron chi connectivity index (χ3n) is 4.76. The van der Waals surface area contributed by atoms with Crippen LogP contribution in [-0.2, 0) is 23.7 Å². The van der Waals surface area contributed by atoms with Crippen LogP contribution in [-0.4, -0.2) is 58.0 Å². The van der Waals surface area contributed by atoms with Crippen LogP contribution >= 0.6 is 0 Å². The van der Waals surface area contributed by atoms with E-state index in [1.54, 1.807) is 21.1 Å². The molecule has 0 saturated heterocycles. The zero-order chi connectivity index (χ0) is 21.9. The van der Waals surface area contributed by atoms with E-state index >= 15 is 0 Å². The Kier molecular flexibility index (Phi) is 18.3. The highest BCUT2D eigenvalue weighted by atomic mass is 16.7. The van der Waals surface area contributed by atoms with Gasteiger partial charge in [-0.05, 0) is 65.2 Å². The maximum atomic E-state index is 11.0. The van der Waals surface area contributed by atoms with Crippen LogP contribution < -0.4 is 0 Å². The van der Waals surface area contributed by atoms with Gasteiger partial charge < -0.3 is 28.8 Å². The summed E-state index contributed by atoms with van der Waals surface area (Å²) in [5.74, 6) is 0.398. The van der Waals surface area contributed by atoms with Crippen LogP contribution in [0.5, 0.6) is 0 Å². The molecule has 6 nitrogen and oxygen atoms in total. The van der Waals surface area contributed by atoms with Gasteiger partial charge in [-0.1, -0.05) is 23.3 Å². The minimum atomic E-state index is -0.131. The summed E-state index contributed by atoms with van der Waals surface area (Å²) in [5.41, 5.74) is 2.58. The molecule has 29 heavy (non-hydrogen) atoms. The highest BCUT2D eigenvalue weighted by Gasteiger charge is 2.20. The Morgan fingerprint density at radius 2 is 1.69 bits per heavy atom. The normalized spacial score (nSPS) is 14.8. The van der Waals surface area contributed by atoms with E-state index in [2.05, 4.69) is 26.0 Å². The quantitative estimate of drug-likeness (QED) is 0.192. The largest absolute Gasteiger partial charge is 0.396 e. The van der Waals surface area contributed by atoms with Gasteiger partial charge in [0.1, 0.15) is 19.4 Å². The van der Waals surface area contributed by atoms with Crippen molar-refractivity contribution in [1.82, 2.24) is 0 Å². The number of hydrogen-bond acceptors (Lipinski definition) is 6. The zero-order valence-corrected chi connectivity index (χ0v) is 19.1. The molecule has 6 heteroatoms. The fourth-order valence-corrected chi connectivity index (χ4v) is 3.11. The van der Waals surface area contributed by atoms with Crippen LogP contribution in [0.4, 0.5) is 0 Å². The maximum Gasteiger partial charge on any atom is 0.147 e. The van der Waals surface area contributed by atoms with E-state index in [9.17, 15) is 9.90 Å². The Bertz CT molecular complexity index is 472. The smallest absolute Gasteiger partial charge is 0.147 e. The first kappa shape index (κ1) is 27.9. The van der Waals surface area contributed by atoms with Crippen molar-refractivity contribution in [3.63, 3.8) is 0 Å². The summed E-state index contributed by atoms with van der Waals surface area (Å²) < 4.78 is 21.3. The molecule has 0 heterocycles. The standard InChI is InChI=1S/C23H42O6/c1-19(9-7-11-21(3)25)8-6-10-20(2)16-23(29-18-27-5)22(12-14-24)13-15-28-17-26-4/h8,16,22-24H,6-7,9-15,17-18H2,1-5H3/b19-8+,20-16+/t22-,23-/m1/s1. The molecule has 2 atom stereocenters. The van der Waals surface area contributed by atoms with Gasteiger partial charge in [0.2, 0.25) is 0 Å². The zero-order valence-electron chi connectivity index (χ0n) is 19.1. The lowest BCUT2D eigenvalue weighted by atomic mass is 9.93. The molecular formula is C23H42O6. The fraction of sp³-hybridized carbons (Fsp3) is 0.783. The Morgan fingerprint density at radius 1 is 0.966 bits per heavy atom. The van der Waals surface area contributed by atoms with Gasteiger partial charge in [-0.15, -0.1) is 0 Å². The Balaban J connectivity index is 4.73. The number of Topliss-reactive ketones (excluding diaryl/α,β-unsaturated/α-hetero) is 1. The van der Waals surface area contributed by atoms with Gasteiger partial charge in [-0.3, -0.25) is 0 Å². The van der Waals surface area contributed by atoms with Gasteiger partial charge in [-0.25, -0.2) is 0 Å². The number of aliphatic hydroxyl groups is 1. The minimum Gasteiger partial charge on any atom is -0.396 e. The Hall–Kier alpha value is -1.05. The molecule has 0 fully saturated rings. The lowest BCUT2D eigenvalue weighted by Gasteiger charge is -2.25. The number of methoxy groups -OCH3 is 2. The van der Waals surface area contributed by atoms with Gasteiger partial charge in [0.05, 0.1) is 6.10 Å². The maximum absolute atomic E-state index is 11.0. The summed E-state index contributed by atoms with van der Waals surface area (Å²) >= 11 is 0. The number of hydrogen-bond donors (Lipinski definition) is 1. The molecule has 0 aliphatic heterocycles. The molecule has 170 valence electrons. The number of rotatable bonds is 19. The monoisotopic (exact) mass is 414 g/mol. The second kappa shape index (κ2) is 18.9. The number of allylic oxidation sites excluding steroid dienone is 3. The van der Waals surface area contributed by atoms with Crippen molar-refractivity contribution in [2.45, 2.75) is 71.8 Å². The molecule has 0 amide bonds. The van der Waals surface area contributed by atoms with E-state index in [4.69, 9.17) is 18.9 Å². The van der Waals surface area contributed by atoms with Crippen LogP contribution in [0.3, 0.4) is 0 Å². The molecule has 0 rings (SSSR count). The van der Waals surface area contributed by atoms with Crippen molar-refractivity contribution >= 4 is 5.78 Å². The van der Waals surface area contributed by atoms with Crippen molar-refractivity contribution < 1.29 is 28.8 Å². The first-order chi connectivity index (χ1) is 13.9. The van der Waals surface area contributed by atoms with Gasteiger partial charge in [0.15, 0.2) is 0 Å². The molecular weight excluding hydrogens is 372 g/mol. The summed E-state index contributed by atoms with van der Waals surface area (Å²) in [4.78, 5) is 11.0. The summed E-state index contributed by atoms with van der Waals surface area (Å²) in [5, 5.41) is 9.45. The van der Waals surface area contributed by atoms with Gasteiger partial charge >= 0.3 is 0 Å². The summed E-state index contributed by atoms with van der Waals surface area (Å²) in [6.07, 6.45) is 10.2. The Morgan fingerprint density at radius 3 is 2.31 bits per heavy atom. The molecule has 0 aliphatic rings. The van der Waals surface area contributed by atoms with E-state index < -0.39 is 0 Å². The van der Waals surface area contributed by atoms with Crippen LogP contribution in [0.1, 0.15) is 65.7 Å². The van der Waals surface area contributed by atoms with E-state index in [0.29, 0.717) is 19.4 Å². The average Bonchev–Trinajstić information content (AvgIpc) is 2.67. The van der Waals surface area contributed by atoms with Crippen molar-refractivity contribution in [3.05, 3.63) is 23.3 Å². The SMILES string of the molecule is COCOCC[C@@H](CCO)[C@@H](/C=C(\C)CC/C=C(\C)CCCC(C)=O)OCOC. The summed E-state index contributed by atoms with van der Waals surface area (Å²) in [7, 11) is 3.21. The molecule has 0 aromatic heterocycles. The highest BCUT2D eigenvalue weighted by molar-refractivity contribution is 5.75. The highest BCUT2D eigenvalue weighted by Crippen LogP contribution is 2.21. The molecule has 0 bridgehead atoms. The average molecular weight is 415 g/mol. The van der Waals surface area contributed by atoms with Crippen molar-refractivity contribution in [2.75, 3.05) is 41.0 Å². The Labute approximate surface area is 177 Å². The van der Waals surface area contributed by atoms with Gasteiger partial charge in [0, 0.05) is 33.9 Å².